The van der Waals surface area contributed by atoms with Gasteiger partial charge in [0, 0.05) is 6.42 Å². The Labute approximate surface area is 192 Å². The molecule has 184 valence electrons. The van der Waals surface area contributed by atoms with Crippen molar-refractivity contribution in [1.29, 1.82) is 0 Å². The van der Waals surface area contributed by atoms with Gasteiger partial charge in [-0.3, -0.25) is 4.79 Å². The number of rotatable bonds is 22. The summed E-state index contributed by atoms with van der Waals surface area (Å²) >= 11 is 0. The highest BCUT2D eigenvalue weighted by Gasteiger charge is 2.15. The van der Waals surface area contributed by atoms with Crippen molar-refractivity contribution in [2.75, 3.05) is 34.5 Å². The summed E-state index contributed by atoms with van der Waals surface area (Å²) in [6.07, 6.45) is 22.9. The molecule has 0 aromatic carbocycles. The fourth-order valence-electron chi connectivity index (χ4n) is 3.66. The summed E-state index contributed by atoms with van der Waals surface area (Å²) in [6, 6.07) is 0. The van der Waals surface area contributed by atoms with Gasteiger partial charge in [-0.1, -0.05) is 110 Å². The van der Waals surface area contributed by atoms with Gasteiger partial charge in [-0.25, -0.2) is 4.79 Å². The van der Waals surface area contributed by atoms with E-state index in [-0.39, 0.29) is 25.3 Å². The lowest BCUT2D eigenvalue weighted by atomic mass is 10.0. The van der Waals surface area contributed by atoms with Crippen LogP contribution in [0.15, 0.2) is 0 Å². The number of hydrogen-bond donors (Lipinski definition) is 0. The molecule has 0 aliphatic rings. The summed E-state index contributed by atoms with van der Waals surface area (Å²) in [7, 11) is 5.72. The summed E-state index contributed by atoms with van der Waals surface area (Å²) in [5, 5.41) is 0. The highest BCUT2D eigenvalue weighted by atomic mass is 16.7. The van der Waals surface area contributed by atoms with Crippen LogP contribution in [0.1, 0.15) is 122 Å². The number of unbranched alkanes of at least 4 members (excludes halogenated alkanes) is 16. The van der Waals surface area contributed by atoms with Gasteiger partial charge in [0.25, 0.3) is 0 Å². The minimum Gasteiger partial charge on any atom is -0.428 e. The number of quaternary nitrogens is 1. The van der Waals surface area contributed by atoms with E-state index in [1.807, 2.05) is 21.1 Å². The Morgan fingerprint density at radius 3 is 1.29 bits per heavy atom. The van der Waals surface area contributed by atoms with E-state index in [1.165, 1.54) is 96.3 Å². The predicted molar refractivity (Wildman–Crippen MR) is 129 cm³/mol. The maximum Gasteiger partial charge on any atom is 0.364 e. The van der Waals surface area contributed by atoms with E-state index in [2.05, 4.69) is 6.92 Å². The molecule has 0 heterocycles. The first-order valence-electron chi connectivity index (χ1n) is 13.0. The first-order chi connectivity index (χ1) is 14.8. The summed E-state index contributed by atoms with van der Waals surface area (Å²) in [4.78, 5) is 23.2. The normalized spacial score (nSPS) is 11.5. The van der Waals surface area contributed by atoms with Crippen LogP contribution in [0.5, 0.6) is 0 Å². The Morgan fingerprint density at radius 1 is 0.548 bits per heavy atom. The molecular formula is C26H52NO4+. The second-order valence-corrected chi connectivity index (χ2v) is 10.0. The number of nitrogens with zero attached hydrogens (tertiary/aromatic N) is 1. The number of esters is 2. The van der Waals surface area contributed by atoms with Crippen molar-refractivity contribution >= 4 is 11.9 Å². The molecule has 0 radical (unpaired) electrons. The molecule has 31 heavy (non-hydrogen) atoms. The van der Waals surface area contributed by atoms with Crippen LogP contribution in [0, 0.1) is 0 Å². The minimum atomic E-state index is -0.349. The van der Waals surface area contributed by atoms with Gasteiger partial charge in [0.15, 0.2) is 6.54 Å². The molecule has 5 nitrogen and oxygen atoms in total. The molecule has 0 saturated carbocycles. The van der Waals surface area contributed by atoms with Crippen molar-refractivity contribution in [3.8, 4) is 0 Å². The summed E-state index contributed by atoms with van der Waals surface area (Å²) in [5.41, 5.74) is 0. The van der Waals surface area contributed by atoms with E-state index in [4.69, 9.17) is 9.47 Å². The van der Waals surface area contributed by atoms with Crippen molar-refractivity contribution in [3.05, 3.63) is 0 Å². The van der Waals surface area contributed by atoms with E-state index >= 15 is 0 Å². The third-order valence-corrected chi connectivity index (χ3v) is 5.53. The van der Waals surface area contributed by atoms with Crippen molar-refractivity contribution in [3.63, 3.8) is 0 Å². The molecule has 0 aliphatic carbocycles. The minimum absolute atomic E-state index is 0.261. The quantitative estimate of drug-likeness (QED) is 0.0802. The highest BCUT2D eigenvalue weighted by molar-refractivity contribution is 5.71. The van der Waals surface area contributed by atoms with Crippen LogP contribution < -0.4 is 0 Å². The van der Waals surface area contributed by atoms with Crippen molar-refractivity contribution < 1.29 is 23.5 Å². The zero-order valence-corrected chi connectivity index (χ0v) is 21.2. The number of carbonyl (C=O) groups excluding carboxylic acids is 2. The molecule has 0 unspecified atom stereocenters. The maximum atomic E-state index is 11.7. The Morgan fingerprint density at radius 2 is 0.903 bits per heavy atom. The third kappa shape index (κ3) is 25.0. The van der Waals surface area contributed by atoms with Crippen molar-refractivity contribution in [2.24, 2.45) is 0 Å². The van der Waals surface area contributed by atoms with Crippen LogP contribution in [0.3, 0.4) is 0 Å². The number of likely N-dealkylation sites (N-methyl/N-ethyl adjacent to an activating group) is 1. The van der Waals surface area contributed by atoms with E-state index in [9.17, 15) is 9.59 Å². The molecule has 0 aliphatic heterocycles. The molecule has 5 heteroatoms. The van der Waals surface area contributed by atoms with Gasteiger partial charge < -0.3 is 14.0 Å². The van der Waals surface area contributed by atoms with Gasteiger partial charge in [-0.05, 0) is 6.42 Å². The van der Waals surface area contributed by atoms with E-state index in [1.54, 1.807) is 0 Å². The average molecular weight is 443 g/mol. The van der Waals surface area contributed by atoms with Crippen molar-refractivity contribution in [2.45, 2.75) is 122 Å². The van der Waals surface area contributed by atoms with Gasteiger partial charge in [0.05, 0.1) is 21.1 Å². The zero-order chi connectivity index (χ0) is 23.2. The number of ether oxygens (including phenoxy) is 2. The SMILES string of the molecule is CCCCCCCCCCCCCCCCCCCC(=O)OCOC(=O)C[N+](C)(C)C. The maximum absolute atomic E-state index is 11.7. The molecule has 0 bridgehead atoms. The van der Waals surface area contributed by atoms with Crippen LogP contribution in [-0.4, -0.2) is 50.9 Å². The summed E-state index contributed by atoms with van der Waals surface area (Å²) in [5.74, 6) is -0.628. The fourth-order valence-corrected chi connectivity index (χ4v) is 3.66. The van der Waals surface area contributed by atoms with Gasteiger partial charge >= 0.3 is 11.9 Å². The molecule has 0 spiro atoms. The molecule has 0 amide bonds. The monoisotopic (exact) mass is 442 g/mol. The molecule has 0 saturated heterocycles. The molecule has 0 fully saturated rings. The van der Waals surface area contributed by atoms with Gasteiger partial charge in [-0.15, -0.1) is 0 Å². The largest absolute Gasteiger partial charge is 0.428 e. The zero-order valence-electron chi connectivity index (χ0n) is 21.2. The topological polar surface area (TPSA) is 52.6 Å². The van der Waals surface area contributed by atoms with Crippen LogP contribution in [-0.2, 0) is 19.1 Å². The third-order valence-electron chi connectivity index (χ3n) is 5.53. The Kier molecular flexibility index (Phi) is 20.0. The van der Waals surface area contributed by atoms with E-state index < -0.39 is 0 Å². The number of carbonyl (C=O) groups is 2. The summed E-state index contributed by atoms with van der Waals surface area (Å²) in [6.45, 7) is 2.27. The number of hydrogen-bond acceptors (Lipinski definition) is 4. The first kappa shape index (κ1) is 29.9. The Balaban J connectivity index is 3.25. The molecule has 0 rings (SSSR count). The van der Waals surface area contributed by atoms with Crippen LogP contribution in [0.25, 0.3) is 0 Å². The second-order valence-electron chi connectivity index (χ2n) is 10.0. The molecule has 0 aromatic heterocycles. The molecule has 0 atom stereocenters. The standard InChI is InChI=1S/C26H52NO4/c1-5-6-7-8-9-10-11-12-13-14-15-16-17-18-19-20-21-22-25(28)30-24-31-26(29)23-27(2,3)4/h5-24H2,1-4H3/q+1. The smallest absolute Gasteiger partial charge is 0.364 e. The Hall–Kier alpha value is -1.10. The van der Waals surface area contributed by atoms with Gasteiger partial charge in [-0.2, -0.15) is 0 Å². The average Bonchev–Trinajstić information content (AvgIpc) is 2.69. The van der Waals surface area contributed by atoms with E-state index in [0.717, 1.165) is 12.8 Å². The second kappa shape index (κ2) is 20.8. The first-order valence-corrected chi connectivity index (χ1v) is 13.0. The lowest BCUT2D eigenvalue weighted by Crippen LogP contribution is -2.40. The van der Waals surface area contributed by atoms with Crippen LogP contribution in [0.4, 0.5) is 0 Å². The van der Waals surface area contributed by atoms with Crippen LogP contribution >= 0.6 is 0 Å². The van der Waals surface area contributed by atoms with Gasteiger partial charge in [0.2, 0.25) is 6.79 Å². The lowest BCUT2D eigenvalue weighted by Gasteiger charge is -2.22. The predicted octanol–water partition coefficient (Wildman–Crippen LogP) is 6.78. The van der Waals surface area contributed by atoms with Gasteiger partial charge in [0.1, 0.15) is 0 Å². The van der Waals surface area contributed by atoms with Crippen LogP contribution in [0.2, 0.25) is 0 Å². The van der Waals surface area contributed by atoms with E-state index in [0.29, 0.717) is 10.9 Å². The lowest BCUT2D eigenvalue weighted by molar-refractivity contribution is -0.862. The Bertz CT molecular complexity index is 432. The van der Waals surface area contributed by atoms with Crippen molar-refractivity contribution in [1.82, 2.24) is 0 Å². The molecule has 0 N–H and O–H groups in total. The highest BCUT2D eigenvalue weighted by Crippen LogP contribution is 2.14. The summed E-state index contributed by atoms with van der Waals surface area (Å²) < 4.78 is 10.4. The molecular weight excluding hydrogens is 390 g/mol. The fraction of sp³-hybridized carbons (Fsp3) is 0.923. The molecule has 0 aromatic rings.